The van der Waals surface area contributed by atoms with Crippen LogP contribution in [-0.4, -0.2) is 32.7 Å². The predicted octanol–water partition coefficient (Wildman–Crippen LogP) is 2.78. The van der Waals surface area contributed by atoms with Crippen molar-refractivity contribution in [1.82, 2.24) is 19.7 Å². The van der Waals surface area contributed by atoms with E-state index in [0.717, 1.165) is 18.7 Å². The fourth-order valence-corrected chi connectivity index (χ4v) is 2.26. The zero-order chi connectivity index (χ0) is 16.8. The predicted molar refractivity (Wildman–Crippen MR) is 89.4 cm³/mol. The lowest BCUT2D eigenvalue weighted by Crippen LogP contribution is -2.30. The van der Waals surface area contributed by atoms with E-state index in [1.165, 1.54) is 10.5 Å². The van der Waals surface area contributed by atoms with Gasteiger partial charge in [-0.05, 0) is 36.2 Å². The number of urea groups is 1. The third-order valence-electron chi connectivity index (χ3n) is 3.57. The number of nitrogens with one attached hydrogen (secondary N) is 1. The number of anilines is 1. The first-order valence-electron chi connectivity index (χ1n) is 7.67. The van der Waals surface area contributed by atoms with E-state index in [9.17, 15) is 4.79 Å². The molecule has 3 heterocycles. The average Bonchev–Trinajstić information content (AvgIpc) is 3.26. The molecule has 0 aliphatic heterocycles. The fourth-order valence-electron chi connectivity index (χ4n) is 2.26. The van der Waals surface area contributed by atoms with Crippen molar-refractivity contribution in [3.05, 3.63) is 66.5 Å². The molecule has 24 heavy (non-hydrogen) atoms. The molecule has 7 nitrogen and oxygen atoms in total. The van der Waals surface area contributed by atoms with Gasteiger partial charge in [-0.3, -0.25) is 15.0 Å². The monoisotopic (exact) mass is 325 g/mol. The number of carbonyl (C=O) groups excluding carboxylic acids is 1. The van der Waals surface area contributed by atoms with Gasteiger partial charge in [-0.25, -0.2) is 4.79 Å². The third kappa shape index (κ3) is 4.22. The van der Waals surface area contributed by atoms with E-state index in [1.807, 2.05) is 29.1 Å². The van der Waals surface area contributed by atoms with Gasteiger partial charge >= 0.3 is 6.03 Å². The van der Waals surface area contributed by atoms with E-state index in [2.05, 4.69) is 15.4 Å². The number of pyridine rings is 1. The number of carbonyl (C=O) groups is 1. The Hall–Kier alpha value is -3.09. The molecular formula is C17H19N5O2. The Morgan fingerprint density at radius 2 is 2.12 bits per heavy atom. The maximum Gasteiger partial charge on any atom is 0.323 e. The van der Waals surface area contributed by atoms with Gasteiger partial charge in [0.05, 0.1) is 12.8 Å². The quantitative estimate of drug-likeness (QED) is 0.756. The second-order valence-corrected chi connectivity index (χ2v) is 5.44. The van der Waals surface area contributed by atoms with Crippen molar-refractivity contribution in [3.8, 4) is 0 Å². The lowest BCUT2D eigenvalue weighted by atomic mass is 10.2. The summed E-state index contributed by atoms with van der Waals surface area (Å²) in [5, 5.41) is 7.14. The molecule has 0 saturated heterocycles. The summed E-state index contributed by atoms with van der Waals surface area (Å²) >= 11 is 0. The summed E-state index contributed by atoms with van der Waals surface area (Å²) in [5.74, 6) is 1.26. The standard InChI is InChI=1S/C17H19N5O2/c1-21(13-15-3-2-12-24-15)17(23)19-16-7-11-22(20-16)10-6-14-4-8-18-9-5-14/h2-5,7-9,11-12H,6,10,13H2,1H3,(H,19,20,23). The lowest BCUT2D eigenvalue weighted by molar-refractivity contribution is 0.216. The molecule has 0 saturated carbocycles. The molecule has 124 valence electrons. The van der Waals surface area contributed by atoms with E-state index in [0.29, 0.717) is 12.4 Å². The molecule has 7 heteroatoms. The van der Waals surface area contributed by atoms with Gasteiger partial charge in [0.2, 0.25) is 0 Å². The highest BCUT2D eigenvalue weighted by atomic mass is 16.3. The summed E-state index contributed by atoms with van der Waals surface area (Å²) in [4.78, 5) is 17.7. The summed E-state index contributed by atoms with van der Waals surface area (Å²) in [6, 6.07) is 9.14. The number of amides is 2. The van der Waals surface area contributed by atoms with Crippen molar-refractivity contribution >= 4 is 11.8 Å². The van der Waals surface area contributed by atoms with Gasteiger partial charge in [0.25, 0.3) is 0 Å². The van der Waals surface area contributed by atoms with Crippen molar-refractivity contribution in [2.24, 2.45) is 0 Å². The van der Waals surface area contributed by atoms with Gasteiger partial charge in [0.1, 0.15) is 5.76 Å². The van der Waals surface area contributed by atoms with Crippen LogP contribution in [0.15, 0.2) is 59.6 Å². The van der Waals surface area contributed by atoms with Crippen LogP contribution in [0.2, 0.25) is 0 Å². The summed E-state index contributed by atoms with van der Waals surface area (Å²) in [7, 11) is 1.71. The molecule has 0 bridgehead atoms. The molecule has 0 aromatic carbocycles. The maximum atomic E-state index is 12.1. The normalized spacial score (nSPS) is 10.5. The highest BCUT2D eigenvalue weighted by molar-refractivity contribution is 5.87. The zero-order valence-corrected chi connectivity index (χ0v) is 13.4. The summed E-state index contributed by atoms with van der Waals surface area (Å²) in [6.45, 7) is 1.14. The second-order valence-electron chi connectivity index (χ2n) is 5.44. The Morgan fingerprint density at radius 1 is 1.29 bits per heavy atom. The number of hydrogen-bond acceptors (Lipinski definition) is 4. The largest absolute Gasteiger partial charge is 0.467 e. The molecule has 3 rings (SSSR count). The van der Waals surface area contributed by atoms with Crippen molar-refractivity contribution in [1.29, 1.82) is 0 Å². The smallest absolute Gasteiger partial charge is 0.323 e. The first-order valence-corrected chi connectivity index (χ1v) is 7.67. The summed E-state index contributed by atoms with van der Waals surface area (Å²) in [5.41, 5.74) is 1.20. The van der Waals surface area contributed by atoms with Crippen LogP contribution < -0.4 is 5.32 Å². The maximum absolute atomic E-state index is 12.1. The Labute approximate surface area is 139 Å². The average molecular weight is 325 g/mol. The number of aryl methyl sites for hydroxylation is 2. The second kappa shape index (κ2) is 7.45. The third-order valence-corrected chi connectivity index (χ3v) is 3.57. The highest BCUT2D eigenvalue weighted by Gasteiger charge is 2.12. The van der Waals surface area contributed by atoms with Crippen LogP contribution in [0.3, 0.4) is 0 Å². The van der Waals surface area contributed by atoms with Crippen LogP contribution in [-0.2, 0) is 19.5 Å². The summed E-state index contributed by atoms with van der Waals surface area (Å²) in [6.07, 6.45) is 7.85. The Morgan fingerprint density at radius 3 is 2.88 bits per heavy atom. The van der Waals surface area contributed by atoms with Gasteiger partial charge in [-0.1, -0.05) is 0 Å². The minimum Gasteiger partial charge on any atom is -0.467 e. The molecule has 0 fully saturated rings. The molecule has 0 radical (unpaired) electrons. The van der Waals surface area contributed by atoms with Crippen LogP contribution in [0.1, 0.15) is 11.3 Å². The molecule has 3 aromatic rings. The van der Waals surface area contributed by atoms with Crippen LogP contribution >= 0.6 is 0 Å². The van der Waals surface area contributed by atoms with Gasteiger partial charge < -0.3 is 9.32 Å². The van der Waals surface area contributed by atoms with Crippen LogP contribution in [0.25, 0.3) is 0 Å². The molecule has 0 spiro atoms. The van der Waals surface area contributed by atoms with Gasteiger partial charge in [-0.15, -0.1) is 0 Å². The fraction of sp³-hybridized carbons (Fsp3) is 0.235. The van der Waals surface area contributed by atoms with Crippen LogP contribution in [0.5, 0.6) is 0 Å². The van der Waals surface area contributed by atoms with Gasteiger partial charge in [-0.2, -0.15) is 5.10 Å². The number of rotatable bonds is 6. The highest BCUT2D eigenvalue weighted by Crippen LogP contribution is 2.08. The van der Waals surface area contributed by atoms with Crippen LogP contribution in [0, 0.1) is 0 Å². The first kappa shape index (κ1) is 15.8. The van der Waals surface area contributed by atoms with Gasteiger partial charge in [0, 0.05) is 38.2 Å². The van der Waals surface area contributed by atoms with Gasteiger partial charge in [0.15, 0.2) is 5.82 Å². The van der Waals surface area contributed by atoms with E-state index in [-0.39, 0.29) is 6.03 Å². The van der Waals surface area contributed by atoms with Crippen molar-refractivity contribution in [2.45, 2.75) is 19.5 Å². The topological polar surface area (TPSA) is 76.2 Å². The molecule has 0 aliphatic carbocycles. The number of aromatic nitrogens is 3. The molecule has 1 N–H and O–H groups in total. The zero-order valence-electron chi connectivity index (χ0n) is 13.4. The first-order chi connectivity index (χ1) is 11.7. The van der Waals surface area contributed by atoms with E-state index in [1.54, 1.807) is 37.8 Å². The van der Waals surface area contributed by atoms with E-state index in [4.69, 9.17) is 4.42 Å². The molecular weight excluding hydrogens is 306 g/mol. The molecule has 2 amide bonds. The Kier molecular flexibility index (Phi) is 4.90. The summed E-state index contributed by atoms with van der Waals surface area (Å²) < 4.78 is 7.04. The SMILES string of the molecule is CN(Cc1ccco1)C(=O)Nc1ccn(CCc2ccncc2)n1. The van der Waals surface area contributed by atoms with Crippen molar-refractivity contribution in [3.63, 3.8) is 0 Å². The molecule has 0 unspecified atom stereocenters. The number of nitrogens with zero attached hydrogens (tertiary/aromatic N) is 4. The molecule has 0 atom stereocenters. The molecule has 0 aliphatic rings. The van der Waals surface area contributed by atoms with E-state index < -0.39 is 0 Å². The minimum absolute atomic E-state index is 0.231. The number of hydrogen-bond donors (Lipinski definition) is 1. The lowest BCUT2D eigenvalue weighted by Gasteiger charge is -2.15. The van der Waals surface area contributed by atoms with Crippen molar-refractivity contribution < 1.29 is 9.21 Å². The number of furan rings is 1. The molecule has 3 aromatic heterocycles. The minimum atomic E-state index is -0.231. The Bertz CT molecular complexity index is 767. The Balaban J connectivity index is 1.50. The van der Waals surface area contributed by atoms with Crippen molar-refractivity contribution in [2.75, 3.05) is 12.4 Å². The van der Waals surface area contributed by atoms with E-state index >= 15 is 0 Å². The van der Waals surface area contributed by atoms with Crippen LogP contribution in [0.4, 0.5) is 10.6 Å².